The monoisotopic (exact) mass is 328 g/mol. The number of amides is 1. The summed E-state index contributed by atoms with van der Waals surface area (Å²) in [5.41, 5.74) is 3.20. The van der Waals surface area contributed by atoms with Gasteiger partial charge in [0, 0.05) is 24.0 Å². The molecule has 1 amide bonds. The first-order valence-electron chi connectivity index (χ1n) is 8.71. The van der Waals surface area contributed by atoms with E-state index in [2.05, 4.69) is 48.3 Å². The Morgan fingerprint density at radius 2 is 1.96 bits per heavy atom. The highest BCUT2D eigenvalue weighted by Crippen LogP contribution is 2.34. The minimum Gasteiger partial charge on any atom is -0.352 e. The topological polar surface area (TPSA) is 69.8 Å². The molecule has 130 valence electrons. The van der Waals surface area contributed by atoms with Crippen LogP contribution in [0.1, 0.15) is 52.5 Å². The summed E-state index contributed by atoms with van der Waals surface area (Å²) in [6, 6.07) is 6.03. The van der Waals surface area contributed by atoms with Crippen molar-refractivity contribution in [3.63, 3.8) is 0 Å². The van der Waals surface area contributed by atoms with Gasteiger partial charge in [-0.3, -0.25) is 4.79 Å². The predicted molar refractivity (Wildman–Crippen MR) is 96.6 cm³/mol. The molecule has 1 saturated heterocycles. The predicted octanol–water partition coefficient (Wildman–Crippen LogP) is 3.13. The van der Waals surface area contributed by atoms with Gasteiger partial charge in [0.25, 0.3) is 0 Å². The number of carbonyl (C=O) groups is 1. The number of H-pyrrole nitrogens is 1. The van der Waals surface area contributed by atoms with E-state index in [9.17, 15) is 4.79 Å². The van der Waals surface area contributed by atoms with E-state index in [0.29, 0.717) is 18.9 Å². The molecule has 1 fully saturated rings. The lowest BCUT2D eigenvalue weighted by Crippen LogP contribution is -2.58. The summed E-state index contributed by atoms with van der Waals surface area (Å²) in [5, 5.41) is 6.73. The summed E-state index contributed by atoms with van der Waals surface area (Å²) < 4.78 is 0. The van der Waals surface area contributed by atoms with Crippen LogP contribution in [-0.4, -0.2) is 27.0 Å². The van der Waals surface area contributed by atoms with Crippen LogP contribution in [0.25, 0.3) is 11.0 Å². The third kappa shape index (κ3) is 4.15. The van der Waals surface area contributed by atoms with Crippen molar-refractivity contribution in [2.45, 2.75) is 64.6 Å². The number of hydrogen-bond acceptors (Lipinski definition) is 3. The van der Waals surface area contributed by atoms with Crippen molar-refractivity contribution in [3.05, 3.63) is 30.1 Å². The van der Waals surface area contributed by atoms with Crippen LogP contribution in [0.4, 0.5) is 0 Å². The van der Waals surface area contributed by atoms with Gasteiger partial charge in [-0.05, 0) is 64.2 Å². The molecular formula is C19H28N4O. The van der Waals surface area contributed by atoms with Gasteiger partial charge in [0.05, 0.1) is 17.4 Å². The number of aromatic nitrogens is 2. The maximum atomic E-state index is 12.4. The molecule has 0 aliphatic carbocycles. The summed E-state index contributed by atoms with van der Waals surface area (Å²) >= 11 is 0. The number of aromatic amines is 1. The second-order valence-corrected chi connectivity index (χ2v) is 8.40. The number of benzene rings is 1. The second kappa shape index (κ2) is 6.20. The van der Waals surface area contributed by atoms with Crippen LogP contribution in [0.15, 0.2) is 24.5 Å². The molecule has 2 aromatic rings. The zero-order chi connectivity index (χ0) is 17.4. The third-order valence-electron chi connectivity index (χ3n) is 4.72. The highest BCUT2D eigenvalue weighted by atomic mass is 16.1. The molecule has 0 unspecified atom stereocenters. The van der Waals surface area contributed by atoms with Crippen LogP contribution in [0, 0.1) is 5.92 Å². The zero-order valence-corrected chi connectivity index (χ0v) is 15.1. The molecule has 5 heteroatoms. The fourth-order valence-electron chi connectivity index (χ4n) is 4.31. The molecule has 2 heterocycles. The number of carbonyl (C=O) groups excluding carboxylic acids is 1. The van der Waals surface area contributed by atoms with Gasteiger partial charge in [0.1, 0.15) is 0 Å². The number of imidazole rings is 1. The molecule has 1 aromatic heterocycles. The van der Waals surface area contributed by atoms with Crippen LogP contribution in [0.5, 0.6) is 0 Å². The van der Waals surface area contributed by atoms with Gasteiger partial charge < -0.3 is 15.6 Å². The number of nitrogens with zero attached hydrogens (tertiary/aromatic N) is 1. The van der Waals surface area contributed by atoms with Gasteiger partial charge in [-0.15, -0.1) is 0 Å². The smallest absolute Gasteiger partial charge is 0.220 e. The lowest BCUT2D eigenvalue weighted by Gasteiger charge is -2.46. The number of nitrogens with one attached hydrogen (secondary N) is 3. The average molecular weight is 328 g/mol. The largest absolute Gasteiger partial charge is 0.352 e. The first kappa shape index (κ1) is 17.0. The van der Waals surface area contributed by atoms with Crippen LogP contribution in [-0.2, 0) is 11.3 Å². The minimum atomic E-state index is 0.0817. The SMILES string of the molecule is CC1(C)CC(CC(=O)NCc2ccc3nc[nH]c3c2)CC(C)(C)N1. The van der Waals surface area contributed by atoms with Crippen molar-refractivity contribution in [1.29, 1.82) is 0 Å². The van der Waals surface area contributed by atoms with Gasteiger partial charge in [-0.25, -0.2) is 4.98 Å². The molecule has 3 N–H and O–H groups in total. The van der Waals surface area contributed by atoms with E-state index in [-0.39, 0.29) is 17.0 Å². The summed E-state index contributed by atoms with van der Waals surface area (Å²) in [4.78, 5) is 19.7. The standard InChI is InChI=1S/C19H28N4O/c1-18(2)9-14(10-19(3,4)23-18)8-17(24)20-11-13-5-6-15-16(7-13)22-12-21-15/h5-7,12,14,23H,8-11H2,1-4H3,(H,20,24)(H,21,22). The summed E-state index contributed by atoms with van der Waals surface area (Å²) in [6.07, 6.45) is 4.35. The van der Waals surface area contributed by atoms with E-state index < -0.39 is 0 Å². The van der Waals surface area contributed by atoms with E-state index >= 15 is 0 Å². The average Bonchev–Trinajstić information content (AvgIpc) is 2.89. The lowest BCUT2D eigenvalue weighted by molar-refractivity contribution is -0.122. The molecule has 0 bridgehead atoms. The van der Waals surface area contributed by atoms with Gasteiger partial charge in [-0.2, -0.15) is 0 Å². The Hall–Kier alpha value is -1.88. The first-order valence-corrected chi connectivity index (χ1v) is 8.71. The summed E-state index contributed by atoms with van der Waals surface area (Å²) in [7, 11) is 0. The molecule has 3 rings (SSSR count). The van der Waals surface area contributed by atoms with Crippen LogP contribution in [0.2, 0.25) is 0 Å². The fraction of sp³-hybridized carbons (Fsp3) is 0.579. The molecule has 1 aliphatic heterocycles. The molecule has 1 aromatic carbocycles. The third-order valence-corrected chi connectivity index (χ3v) is 4.72. The van der Waals surface area contributed by atoms with Gasteiger partial charge in [0.15, 0.2) is 0 Å². The Bertz CT molecular complexity index is 716. The van der Waals surface area contributed by atoms with Crippen LogP contribution < -0.4 is 10.6 Å². The van der Waals surface area contributed by atoms with Gasteiger partial charge >= 0.3 is 0 Å². The normalized spacial score (nSPS) is 20.2. The Morgan fingerprint density at radius 3 is 2.67 bits per heavy atom. The lowest BCUT2D eigenvalue weighted by atomic mass is 9.74. The van der Waals surface area contributed by atoms with E-state index in [1.807, 2.05) is 18.2 Å². The van der Waals surface area contributed by atoms with Crippen molar-refractivity contribution >= 4 is 16.9 Å². The Labute approximate surface area is 143 Å². The van der Waals surface area contributed by atoms with E-state index in [0.717, 1.165) is 29.4 Å². The molecular weight excluding hydrogens is 300 g/mol. The molecule has 1 aliphatic rings. The van der Waals surface area contributed by atoms with E-state index in [1.54, 1.807) is 6.33 Å². The molecule has 0 spiro atoms. The molecule has 5 nitrogen and oxygen atoms in total. The van der Waals surface area contributed by atoms with Crippen molar-refractivity contribution < 1.29 is 4.79 Å². The van der Waals surface area contributed by atoms with Crippen molar-refractivity contribution in [1.82, 2.24) is 20.6 Å². The quantitative estimate of drug-likeness (QED) is 0.807. The number of piperidine rings is 1. The summed E-state index contributed by atoms with van der Waals surface area (Å²) in [6.45, 7) is 9.44. The van der Waals surface area contributed by atoms with E-state index in [1.165, 1.54) is 0 Å². The number of hydrogen-bond donors (Lipinski definition) is 3. The van der Waals surface area contributed by atoms with Crippen molar-refractivity contribution in [3.8, 4) is 0 Å². The first-order chi connectivity index (χ1) is 11.2. The molecule has 0 saturated carbocycles. The fourth-order valence-corrected chi connectivity index (χ4v) is 4.31. The zero-order valence-electron chi connectivity index (χ0n) is 15.1. The van der Waals surface area contributed by atoms with Crippen molar-refractivity contribution in [2.24, 2.45) is 5.92 Å². The molecule has 0 radical (unpaired) electrons. The van der Waals surface area contributed by atoms with Gasteiger partial charge in [0.2, 0.25) is 5.91 Å². The van der Waals surface area contributed by atoms with Crippen molar-refractivity contribution in [2.75, 3.05) is 0 Å². The molecule has 0 atom stereocenters. The highest BCUT2D eigenvalue weighted by Gasteiger charge is 2.38. The maximum Gasteiger partial charge on any atom is 0.220 e. The van der Waals surface area contributed by atoms with Crippen LogP contribution in [0.3, 0.4) is 0 Å². The summed E-state index contributed by atoms with van der Waals surface area (Å²) in [5.74, 6) is 0.560. The highest BCUT2D eigenvalue weighted by molar-refractivity contribution is 5.77. The maximum absolute atomic E-state index is 12.4. The minimum absolute atomic E-state index is 0.0817. The Morgan fingerprint density at radius 1 is 1.25 bits per heavy atom. The van der Waals surface area contributed by atoms with E-state index in [4.69, 9.17) is 0 Å². The Balaban J connectivity index is 1.55. The number of rotatable bonds is 4. The Kier molecular flexibility index (Phi) is 4.38. The second-order valence-electron chi connectivity index (χ2n) is 8.40. The molecule has 24 heavy (non-hydrogen) atoms. The van der Waals surface area contributed by atoms with Crippen LogP contribution >= 0.6 is 0 Å². The number of fused-ring (bicyclic) bond motifs is 1. The van der Waals surface area contributed by atoms with Gasteiger partial charge in [-0.1, -0.05) is 6.07 Å².